The van der Waals surface area contributed by atoms with Crippen molar-refractivity contribution in [2.75, 3.05) is 13.1 Å². The summed E-state index contributed by atoms with van der Waals surface area (Å²) < 4.78 is 0. The summed E-state index contributed by atoms with van der Waals surface area (Å²) in [6.07, 6.45) is 1.89. The number of piperidine rings is 1. The molecule has 0 aromatic rings. The van der Waals surface area contributed by atoms with Gasteiger partial charge in [-0.05, 0) is 26.7 Å². The van der Waals surface area contributed by atoms with Gasteiger partial charge < -0.3 is 10.0 Å². The molecule has 1 heterocycles. The topological polar surface area (TPSA) is 57.6 Å². The number of hydrogen-bond acceptors (Lipinski definition) is 2. The minimum Gasteiger partial charge on any atom is -0.481 e. The molecule has 0 spiro atoms. The second-order valence-electron chi connectivity index (χ2n) is 4.99. The fraction of sp³-hybridized carbons (Fsp3) is 0.818. The molecule has 1 fully saturated rings. The van der Waals surface area contributed by atoms with Crippen LogP contribution in [0.4, 0.5) is 0 Å². The maximum Gasteiger partial charge on any atom is 0.310 e. The largest absolute Gasteiger partial charge is 0.481 e. The van der Waals surface area contributed by atoms with E-state index in [0.717, 1.165) is 12.8 Å². The van der Waals surface area contributed by atoms with Crippen molar-refractivity contribution in [2.45, 2.75) is 33.6 Å². The van der Waals surface area contributed by atoms with Gasteiger partial charge in [0.2, 0.25) is 5.91 Å². The highest BCUT2D eigenvalue weighted by Gasteiger charge is 2.34. The fourth-order valence-corrected chi connectivity index (χ4v) is 1.84. The molecule has 0 bridgehead atoms. The number of likely N-dealkylation sites (tertiary alicyclic amines) is 1. The van der Waals surface area contributed by atoms with E-state index >= 15 is 0 Å². The van der Waals surface area contributed by atoms with Crippen molar-refractivity contribution in [1.82, 2.24) is 4.90 Å². The Morgan fingerprint density at radius 3 is 2.73 bits per heavy atom. The standard InChI is InChI=1S/C11H19NO3/c1-8-5-4-6-12(9(8)13)7-11(2,3)10(14)15/h8H,4-7H2,1-3H3,(H,14,15). The Kier molecular flexibility index (Phi) is 3.37. The first-order valence-electron chi connectivity index (χ1n) is 5.37. The number of rotatable bonds is 3. The number of aliphatic carboxylic acids is 1. The Morgan fingerprint density at radius 2 is 2.20 bits per heavy atom. The molecule has 1 N–H and O–H groups in total. The molecule has 4 heteroatoms. The number of carbonyl (C=O) groups excluding carboxylic acids is 1. The predicted octanol–water partition coefficient (Wildman–Crippen LogP) is 1.36. The van der Waals surface area contributed by atoms with Crippen LogP contribution in [0.3, 0.4) is 0 Å². The smallest absolute Gasteiger partial charge is 0.310 e. The van der Waals surface area contributed by atoms with Crippen LogP contribution in [0.15, 0.2) is 0 Å². The van der Waals surface area contributed by atoms with E-state index in [1.807, 2.05) is 6.92 Å². The van der Waals surface area contributed by atoms with Gasteiger partial charge in [-0.15, -0.1) is 0 Å². The van der Waals surface area contributed by atoms with Crippen molar-refractivity contribution in [3.05, 3.63) is 0 Å². The SMILES string of the molecule is CC1CCCN(CC(C)(C)C(=O)O)C1=O. The lowest BCUT2D eigenvalue weighted by atomic mass is 9.90. The van der Waals surface area contributed by atoms with Gasteiger partial charge in [0, 0.05) is 19.0 Å². The second kappa shape index (κ2) is 4.21. The Hall–Kier alpha value is -1.06. The van der Waals surface area contributed by atoms with Crippen LogP contribution >= 0.6 is 0 Å². The minimum absolute atomic E-state index is 0.0448. The van der Waals surface area contributed by atoms with E-state index < -0.39 is 11.4 Å². The van der Waals surface area contributed by atoms with Crippen LogP contribution in [-0.2, 0) is 9.59 Å². The quantitative estimate of drug-likeness (QED) is 0.770. The second-order valence-corrected chi connectivity index (χ2v) is 4.99. The zero-order valence-corrected chi connectivity index (χ0v) is 9.62. The highest BCUT2D eigenvalue weighted by molar-refractivity contribution is 5.80. The number of carboxylic acids is 1. The molecule has 1 unspecified atom stereocenters. The van der Waals surface area contributed by atoms with E-state index in [1.165, 1.54) is 0 Å². The van der Waals surface area contributed by atoms with E-state index in [4.69, 9.17) is 5.11 Å². The molecule has 1 aliphatic rings. The summed E-state index contributed by atoms with van der Waals surface area (Å²) in [6, 6.07) is 0. The van der Waals surface area contributed by atoms with Crippen molar-refractivity contribution in [3.8, 4) is 0 Å². The predicted molar refractivity (Wildman–Crippen MR) is 56.4 cm³/mol. The number of hydrogen-bond donors (Lipinski definition) is 1. The average Bonchev–Trinajstić information content (AvgIpc) is 2.12. The lowest BCUT2D eigenvalue weighted by Crippen LogP contribution is -2.47. The highest BCUT2D eigenvalue weighted by Crippen LogP contribution is 2.23. The average molecular weight is 213 g/mol. The Balaban J connectivity index is 2.65. The molecule has 0 radical (unpaired) electrons. The number of carbonyl (C=O) groups is 2. The van der Waals surface area contributed by atoms with Gasteiger partial charge in [0.1, 0.15) is 0 Å². The summed E-state index contributed by atoms with van der Waals surface area (Å²) in [4.78, 5) is 24.4. The minimum atomic E-state index is -0.854. The van der Waals surface area contributed by atoms with Crippen molar-refractivity contribution >= 4 is 11.9 Å². The number of amides is 1. The van der Waals surface area contributed by atoms with Gasteiger partial charge in [0.15, 0.2) is 0 Å². The van der Waals surface area contributed by atoms with Crippen molar-refractivity contribution in [2.24, 2.45) is 11.3 Å². The third kappa shape index (κ3) is 2.70. The Labute approximate surface area is 90.3 Å². The first kappa shape index (κ1) is 12.0. The molecular weight excluding hydrogens is 194 g/mol. The van der Waals surface area contributed by atoms with E-state index in [9.17, 15) is 9.59 Å². The summed E-state index contributed by atoms with van der Waals surface area (Å²) in [5.74, 6) is -0.715. The summed E-state index contributed by atoms with van der Waals surface area (Å²) in [5, 5.41) is 8.99. The Morgan fingerprint density at radius 1 is 1.60 bits per heavy atom. The van der Waals surface area contributed by atoms with E-state index in [-0.39, 0.29) is 11.8 Å². The Bertz CT molecular complexity index is 273. The molecule has 1 aliphatic heterocycles. The van der Waals surface area contributed by atoms with Crippen LogP contribution in [-0.4, -0.2) is 35.0 Å². The normalized spacial score (nSPS) is 23.0. The lowest BCUT2D eigenvalue weighted by Gasteiger charge is -2.35. The molecule has 0 saturated carbocycles. The fourth-order valence-electron chi connectivity index (χ4n) is 1.84. The number of nitrogens with zero attached hydrogens (tertiary/aromatic N) is 1. The molecule has 1 rings (SSSR count). The molecule has 1 amide bonds. The molecule has 15 heavy (non-hydrogen) atoms. The zero-order chi connectivity index (χ0) is 11.6. The highest BCUT2D eigenvalue weighted by atomic mass is 16.4. The molecule has 0 aliphatic carbocycles. The molecule has 4 nitrogen and oxygen atoms in total. The maximum atomic E-state index is 11.8. The van der Waals surface area contributed by atoms with Crippen molar-refractivity contribution in [3.63, 3.8) is 0 Å². The molecule has 1 atom stereocenters. The van der Waals surface area contributed by atoms with Gasteiger partial charge in [-0.3, -0.25) is 9.59 Å². The van der Waals surface area contributed by atoms with Crippen LogP contribution < -0.4 is 0 Å². The van der Waals surface area contributed by atoms with E-state index in [0.29, 0.717) is 13.1 Å². The summed E-state index contributed by atoms with van der Waals surface area (Å²) in [5.41, 5.74) is -0.854. The molecule has 86 valence electrons. The summed E-state index contributed by atoms with van der Waals surface area (Å²) in [6.45, 7) is 6.22. The lowest BCUT2D eigenvalue weighted by molar-refractivity contribution is -0.151. The molecule has 0 aromatic heterocycles. The van der Waals surface area contributed by atoms with Gasteiger partial charge in [-0.25, -0.2) is 0 Å². The van der Waals surface area contributed by atoms with Crippen LogP contribution in [0.5, 0.6) is 0 Å². The van der Waals surface area contributed by atoms with Gasteiger partial charge in [0.25, 0.3) is 0 Å². The van der Waals surface area contributed by atoms with Gasteiger partial charge >= 0.3 is 5.97 Å². The van der Waals surface area contributed by atoms with Gasteiger partial charge in [-0.2, -0.15) is 0 Å². The first-order chi connectivity index (χ1) is 6.84. The third-order valence-corrected chi connectivity index (χ3v) is 2.96. The third-order valence-electron chi connectivity index (χ3n) is 2.96. The monoisotopic (exact) mass is 213 g/mol. The zero-order valence-electron chi connectivity index (χ0n) is 9.62. The number of carboxylic acid groups (broad SMARTS) is 1. The molecule has 1 saturated heterocycles. The van der Waals surface area contributed by atoms with Gasteiger partial charge in [0.05, 0.1) is 5.41 Å². The maximum absolute atomic E-state index is 11.8. The van der Waals surface area contributed by atoms with Gasteiger partial charge in [-0.1, -0.05) is 6.92 Å². The van der Waals surface area contributed by atoms with Crippen LogP contribution in [0.25, 0.3) is 0 Å². The van der Waals surface area contributed by atoms with Crippen molar-refractivity contribution < 1.29 is 14.7 Å². The van der Waals surface area contributed by atoms with Crippen LogP contribution in [0.1, 0.15) is 33.6 Å². The molecule has 0 aromatic carbocycles. The van der Waals surface area contributed by atoms with Crippen molar-refractivity contribution in [1.29, 1.82) is 0 Å². The van der Waals surface area contributed by atoms with Crippen LogP contribution in [0, 0.1) is 11.3 Å². The van der Waals surface area contributed by atoms with Crippen LogP contribution in [0.2, 0.25) is 0 Å². The summed E-state index contributed by atoms with van der Waals surface area (Å²) in [7, 11) is 0. The van der Waals surface area contributed by atoms with E-state index in [1.54, 1.807) is 18.7 Å². The molecular formula is C11H19NO3. The van der Waals surface area contributed by atoms with E-state index in [2.05, 4.69) is 0 Å². The summed E-state index contributed by atoms with van der Waals surface area (Å²) >= 11 is 0. The first-order valence-corrected chi connectivity index (χ1v) is 5.37.